The summed E-state index contributed by atoms with van der Waals surface area (Å²) >= 11 is 1.58. The van der Waals surface area contributed by atoms with Gasteiger partial charge in [0.25, 0.3) is 0 Å². The fourth-order valence-electron chi connectivity index (χ4n) is 6.05. The van der Waals surface area contributed by atoms with Crippen molar-refractivity contribution in [2.45, 2.75) is 19.3 Å². The number of hydrogen-bond donors (Lipinski definition) is 0. The zero-order valence-corrected chi connectivity index (χ0v) is 25.7. The number of aromatic nitrogens is 1. The maximum Gasteiger partial charge on any atom is 0.131 e. The van der Waals surface area contributed by atoms with Crippen LogP contribution in [0.5, 0.6) is 0 Å². The maximum atomic E-state index is 9.26. The first-order valence-electron chi connectivity index (χ1n) is 14.7. The molecule has 45 heavy (non-hydrogen) atoms. The first-order chi connectivity index (χ1) is 22.0. The molecule has 6 aromatic rings. The molecule has 1 aliphatic carbocycles. The second-order valence-corrected chi connectivity index (χ2v) is 12.6. The van der Waals surface area contributed by atoms with Gasteiger partial charge in [0.2, 0.25) is 0 Å². The molecule has 0 saturated carbocycles. The lowest BCUT2D eigenvalue weighted by Crippen LogP contribution is -2.17. The number of rotatable bonds is 6. The molecule has 0 bridgehead atoms. The summed E-state index contributed by atoms with van der Waals surface area (Å²) < 4.78 is 0. The van der Waals surface area contributed by atoms with Gasteiger partial charge < -0.3 is 4.90 Å². The number of fused-ring (bicyclic) bond motifs is 3. The third-order valence-electron chi connectivity index (χ3n) is 8.44. The van der Waals surface area contributed by atoms with Gasteiger partial charge in [0.05, 0.1) is 22.5 Å². The number of hydrogen-bond acceptors (Lipinski definition) is 5. The molecule has 0 amide bonds. The molecular formula is C40H28N4S. The molecule has 0 spiro atoms. The highest BCUT2D eigenvalue weighted by Crippen LogP contribution is 2.53. The van der Waals surface area contributed by atoms with Crippen molar-refractivity contribution in [3.63, 3.8) is 0 Å². The predicted octanol–water partition coefficient (Wildman–Crippen LogP) is 10.7. The van der Waals surface area contributed by atoms with Crippen LogP contribution in [0.3, 0.4) is 0 Å². The van der Waals surface area contributed by atoms with Crippen LogP contribution in [0.15, 0.2) is 133 Å². The molecular weight excluding hydrogens is 569 g/mol. The number of allylic oxidation sites excluding steroid dienone is 1. The van der Waals surface area contributed by atoms with Crippen molar-refractivity contribution in [3.8, 4) is 45.0 Å². The SMILES string of the molecule is CC1(C)c2cc(N(c3ccc(-c4ccccc4)cc3)c3ccc(-c4ccccc4)cc3)cnc2-c2sc(C=C(C#N)C#N)cc21. The zero-order chi connectivity index (χ0) is 31.0. The summed E-state index contributed by atoms with van der Waals surface area (Å²) in [5.41, 5.74) is 10.8. The molecule has 0 fully saturated rings. The Morgan fingerprint density at radius 1 is 0.667 bits per heavy atom. The van der Waals surface area contributed by atoms with Gasteiger partial charge in [0, 0.05) is 21.7 Å². The topological polar surface area (TPSA) is 63.7 Å². The Morgan fingerprint density at radius 2 is 1.18 bits per heavy atom. The van der Waals surface area contributed by atoms with Crippen LogP contribution in [-0.2, 0) is 5.41 Å². The summed E-state index contributed by atoms with van der Waals surface area (Å²) in [6.07, 6.45) is 3.61. The molecule has 5 heteroatoms. The fraction of sp³-hybridized carbons (Fsp3) is 0.0750. The van der Waals surface area contributed by atoms with Crippen molar-refractivity contribution in [1.82, 2.24) is 4.98 Å². The minimum Gasteiger partial charge on any atom is -0.309 e. The van der Waals surface area contributed by atoms with Gasteiger partial charge in [-0.2, -0.15) is 10.5 Å². The van der Waals surface area contributed by atoms with E-state index in [1.165, 1.54) is 16.7 Å². The van der Waals surface area contributed by atoms with E-state index in [2.05, 4.69) is 128 Å². The Morgan fingerprint density at radius 3 is 1.69 bits per heavy atom. The summed E-state index contributed by atoms with van der Waals surface area (Å²) in [4.78, 5) is 9.29. The molecule has 0 radical (unpaired) electrons. The van der Waals surface area contributed by atoms with Crippen LogP contribution in [-0.4, -0.2) is 4.98 Å². The van der Waals surface area contributed by atoms with Gasteiger partial charge in [0.15, 0.2) is 0 Å². The van der Waals surface area contributed by atoms with E-state index in [4.69, 9.17) is 4.98 Å². The van der Waals surface area contributed by atoms with Crippen LogP contribution in [0.2, 0.25) is 0 Å². The van der Waals surface area contributed by atoms with E-state index in [0.29, 0.717) is 0 Å². The molecule has 0 saturated heterocycles. The predicted molar refractivity (Wildman–Crippen MR) is 184 cm³/mol. The molecule has 214 valence electrons. The maximum absolute atomic E-state index is 9.26. The van der Waals surface area contributed by atoms with Crippen LogP contribution >= 0.6 is 11.3 Å². The van der Waals surface area contributed by atoms with Crippen molar-refractivity contribution in [2.75, 3.05) is 4.90 Å². The summed E-state index contributed by atoms with van der Waals surface area (Å²) in [5, 5.41) is 18.5. The summed E-state index contributed by atoms with van der Waals surface area (Å²) in [5.74, 6) is 0. The van der Waals surface area contributed by atoms with Gasteiger partial charge in [-0.1, -0.05) is 98.8 Å². The molecule has 0 aliphatic heterocycles. The third-order valence-corrected chi connectivity index (χ3v) is 9.53. The molecule has 1 aliphatic rings. The lowest BCUT2D eigenvalue weighted by atomic mass is 9.83. The lowest BCUT2D eigenvalue weighted by Gasteiger charge is -2.28. The Bertz CT molecular complexity index is 2030. The Hall–Kier alpha value is -5.75. The minimum absolute atomic E-state index is 0.100. The highest BCUT2D eigenvalue weighted by molar-refractivity contribution is 7.16. The van der Waals surface area contributed by atoms with Gasteiger partial charge in [-0.05, 0) is 75.9 Å². The Balaban J connectivity index is 1.32. The average Bonchev–Trinajstić information content (AvgIpc) is 3.61. The van der Waals surface area contributed by atoms with E-state index in [1.54, 1.807) is 17.4 Å². The molecule has 2 heterocycles. The number of nitrogens with zero attached hydrogens (tertiary/aromatic N) is 4. The monoisotopic (exact) mass is 596 g/mol. The largest absolute Gasteiger partial charge is 0.309 e. The van der Waals surface area contributed by atoms with Crippen LogP contribution in [0.25, 0.3) is 38.9 Å². The van der Waals surface area contributed by atoms with Gasteiger partial charge in [-0.3, -0.25) is 4.98 Å². The smallest absolute Gasteiger partial charge is 0.131 e. The summed E-state index contributed by atoms with van der Waals surface area (Å²) in [6.45, 7) is 4.43. The summed E-state index contributed by atoms with van der Waals surface area (Å²) in [6, 6.07) is 46.5. The van der Waals surface area contributed by atoms with E-state index in [0.717, 1.165) is 49.2 Å². The van der Waals surface area contributed by atoms with Crippen LogP contribution < -0.4 is 4.90 Å². The first-order valence-corrected chi connectivity index (χ1v) is 15.6. The third kappa shape index (κ3) is 5.10. The number of nitriles is 2. The van der Waals surface area contributed by atoms with Crippen molar-refractivity contribution in [1.29, 1.82) is 10.5 Å². The molecule has 4 nitrogen and oxygen atoms in total. The number of thiophene rings is 1. The van der Waals surface area contributed by atoms with Crippen molar-refractivity contribution < 1.29 is 0 Å². The molecule has 0 atom stereocenters. The second-order valence-electron chi connectivity index (χ2n) is 11.5. The van der Waals surface area contributed by atoms with Crippen LogP contribution in [0.4, 0.5) is 17.1 Å². The van der Waals surface area contributed by atoms with Gasteiger partial charge in [-0.25, -0.2) is 0 Å². The quantitative estimate of drug-likeness (QED) is 0.179. The highest BCUT2D eigenvalue weighted by atomic mass is 32.1. The zero-order valence-electron chi connectivity index (χ0n) is 24.9. The van der Waals surface area contributed by atoms with Gasteiger partial charge in [0.1, 0.15) is 17.7 Å². The van der Waals surface area contributed by atoms with Crippen molar-refractivity contribution in [3.05, 3.63) is 149 Å². The number of pyridine rings is 1. The Kier molecular flexibility index (Phi) is 7.10. The van der Waals surface area contributed by atoms with Crippen molar-refractivity contribution >= 4 is 34.5 Å². The van der Waals surface area contributed by atoms with E-state index >= 15 is 0 Å². The van der Waals surface area contributed by atoms with Crippen LogP contribution in [0.1, 0.15) is 29.9 Å². The van der Waals surface area contributed by atoms with Gasteiger partial charge in [-0.15, -0.1) is 11.3 Å². The molecule has 0 N–H and O–H groups in total. The van der Waals surface area contributed by atoms with E-state index in [9.17, 15) is 10.5 Å². The molecule has 7 rings (SSSR count). The Labute approximate surface area is 267 Å². The van der Waals surface area contributed by atoms with E-state index in [1.807, 2.05) is 30.5 Å². The standard InChI is InChI=1S/C40H28N4S/c1-40(2)36-22-34(26-43-38(36)39-37(40)23-35(45-39)21-27(24-41)25-42)44(32-17-13-30(14-18-32)28-9-5-3-6-10-28)33-19-15-31(16-20-33)29-11-7-4-8-12-29/h3-23,26H,1-2H3. The molecule has 2 aromatic heterocycles. The van der Waals surface area contributed by atoms with E-state index in [-0.39, 0.29) is 11.0 Å². The first kappa shape index (κ1) is 28.0. The van der Waals surface area contributed by atoms with Crippen molar-refractivity contribution in [2.24, 2.45) is 0 Å². The van der Waals surface area contributed by atoms with E-state index < -0.39 is 0 Å². The highest BCUT2D eigenvalue weighted by Gasteiger charge is 2.39. The number of benzene rings is 4. The van der Waals surface area contributed by atoms with Crippen LogP contribution in [0, 0.1) is 22.7 Å². The normalized spacial score (nSPS) is 12.4. The molecule has 4 aromatic carbocycles. The second kappa shape index (κ2) is 11.4. The molecule has 0 unspecified atom stereocenters. The average molecular weight is 597 g/mol. The summed E-state index contributed by atoms with van der Waals surface area (Å²) in [7, 11) is 0. The van der Waals surface area contributed by atoms with Gasteiger partial charge >= 0.3 is 0 Å². The number of anilines is 3. The lowest BCUT2D eigenvalue weighted by molar-refractivity contribution is 0.660. The fourth-order valence-corrected chi connectivity index (χ4v) is 7.32. The minimum atomic E-state index is -0.296.